The van der Waals surface area contributed by atoms with Gasteiger partial charge in [0.15, 0.2) is 11.2 Å². The Hall–Kier alpha value is -0.180. The lowest BCUT2D eigenvalue weighted by Crippen LogP contribution is -2.12. The van der Waals surface area contributed by atoms with Crippen molar-refractivity contribution in [2.75, 3.05) is 6.61 Å². The Morgan fingerprint density at radius 1 is 1.88 bits per heavy atom. The van der Waals surface area contributed by atoms with Gasteiger partial charge in [-0.3, -0.25) is 0 Å². The summed E-state index contributed by atoms with van der Waals surface area (Å²) in [4.78, 5) is 0. The van der Waals surface area contributed by atoms with E-state index in [1.54, 1.807) is 6.92 Å². The first-order valence-corrected chi connectivity index (χ1v) is 2.90. The molecule has 3 heteroatoms. The molecule has 0 radical (unpaired) electrons. The first-order valence-electron chi connectivity index (χ1n) is 2.49. The maximum Gasteiger partial charge on any atom is 0.193 e. The first-order chi connectivity index (χ1) is 3.68. The molecule has 1 unspecified atom stereocenters. The third-order valence-corrected chi connectivity index (χ3v) is 1.05. The summed E-state index contributed by atoms with van der Waals surface area (Å²) in [6.45, 7) is 3.58. The second kappa shape index (κ2) is 3.78. The van der Waals surface area contributed by atoms with Crippen molar-refractivity contribution in [3.63, 3.8) is 0 Å². The van der Waals surface area contributed by atoms with E-state index in [2.05, 4.69) is 17.0 Å². The van der Waals surface area contributed by atoms with Gasteiger partial charge < -0.3 is 4.74 Å². The molecule has 0 aromatic carbocycles. The lowest BCUT2D eigenvalue weighted by atomic mass is 10.5. The molecule has 0 heterocycles. The van der Waals surface area contributed by atoms with Crippen LogP contribution in [0.3, 0.4) is 0 Å². The maximum absolute atomic E-state index is 12.0. The van der Waals surface area contributed by atoms with E-state index in [1.807, 2.05) is 0 Å². The van der Waals surface area contributed by atoms with Crippen molar-refractivity contribution >= 4 is 17.3 Å². The molecule has 0 aromatic rings. The highest BCUT2D eigenvalue weighted by molar-refractivity contribution is 7.80. The van der Waals surface area contributed by atoms with E-state index in [0.29, 0.717) is 6.61 Å². The van der Waals surface area contributed by atoms with E-state index in [0.717, 1.165) is 0 Å². The Morgan fingerprint density at radius 3 is 2.50 bits per heavy atom. The van der Waals surface area contributed by atoms with Gasteiger partial charge in [-0.05, 0) is 26.1 Å². The Morgan fingerprint density at radius 2 is 2.38 bits per heavy atom. The minimum Gasteiger partial charge on any atom is -0.485 e. The van der Waals surface area contributed by atoms with Gasteiger partial charge in [-0.2, -0.15) is 0 Å². The van der Waals surface area contributed by atoms with Crippen molar-refractivity contribution in [1.29, 1.82) is 0 Å². The van der Waals surface area contributed by atoms with Gasteiger partial charge in [-0.1, -0.05) is 0 Å². The van der Waals surface area contributed by atoms with E-state index in [1.165, 1.54) is 6.92 Å². The Bertz CT molecular complexity index is 82.5. The van der Waals surface area contributed by atoms with E-state index >= 15 is 0 Å². The van der Waals surface area contributed by atoms with Gasteiger partial charge in [0.1, 0.15) is 0 Å². The van der Waals surface area contributed by atoms with Crippen LogP contribution in [-0.4, -0.2) is 17.8 Å². The molecule has 0 amide bonds. The van der Waals surface area contributed by atoms with Crippen molar-refractivity contribution in [3.8, 4) is 0 Å². The number of rotatable bonds is 2. The molecular weight excluding hydrogens is 127 g/mol. The molecular formula is C5H9FOS. The summed E-state index contributed by atoms with van der Waals surface area (Å²) in [5.74, 6) is 0. The second-order valence-corrected chi connectivity index (χ2v) is 1.77. The van der Waals surface area contributed by atoms with Gasteiger partial charge in [0.25, 0.3) is 0 Å². The predicted molar refractivity (Wildman–Crippen MR) is 34.8 cm³/mol. The highest BCUT2D eigenvalue weighted by atomic mass is 32.1. The molecule has 0 aromatic heterocycles. The summed E-state index contributed by atoms with van der Waals surface area (Å²) >= 11 is 4.48. The molecule has 0 saturated heterocycles. The zero-order valence-corrected chi connectivity index (χ0v) is 5.80. The van der Waals surface area contributed by atoms with Gasteiger partial charge in [-0.15, -0.1) is 0 Å². The fraction of sp³-hybridized carbons (Fsp3) is 0.800. The van der Waals surface area contributed by atoms with Crippen LogP contribution in [-0.2, 0) is 4.74 Å². The Labute approximate surface area is 53.8 Å². The van der Waals surface area contributed by atoms with Crippen LogP contribution in [0.1, 0.15) is 13.8 Å². The topological polar surface area (TPSA) is 9.23 Å². The van der Waals surface area contributed by atoms with E-state index in [-0.39, 0.29) is 5.05 Å². The average molecular weight is 136 g/mol. The zero-order chi connectivity index (χ0) is 6.57. The van der Waals surface area contributed by atoms with E-state index in [4.69, 9.17) is 0 Å². The third kappa shape index (κ3) is 2.91. The van der Waals surface area contributed by atoms with Crippen LogP contribution in [0.4, 0.5) is 4.39 Å². The summed E-state index contributed by atoms with van der Waals surface area (Å²) in [6, 6.07) is 0. The molecule has 1 nitrogen and oxygen atoms in total. The zero-order valence-electron chi connectivity index (χ0n) is 4.98. The lowest BCUT2D eigenvalue weighted by molar-refractivity contribution is 0.290. The number of hydrogen-bond donors (Lipinski definition) is 0. The highest BCUT2D eigenvalue weighted by Gasteiger charge is 2.04. The number of ether oxygens (including phenoxy) is 1. The maximum atomic E-state index is 12.0. The summed E-state index contributed by atoms with van der Waals surface area (Å²) in [7, 11) is 0. The van der Waals surface area contributed by atoms with Crippen LogP contribution >= 0.6 is 12.2 Å². The monoisotopic (exact) mass is 136 g/mol. The summed E-state index contributed by atoms with van der Waals surface area (Å²) in [5.41, 5.74) is 0. The molecule has 0 N–H and O–H groups in total. The lowest BCUT2D eigenvalue weighted by Gasteiger charge is -2.03. The molecule has 0 bridgehead atoms. The van der Waals surface area contributed by atoms with Crippen molar-refractivity contribution in [2.24, 2.45) is 0 Å². The van der Waals surface area contributed by atoms with Crippen LogP contribution < -0.4 is 0 Å². The van der Waals surface area contributed by atoms with Gasteiger partial charge >= 0.3 is 0 Å². The van der Waals surface area contributed by atoms with Gasteiger partial charge in [0.05, 0.1) is 6.61 Å². The third-order valence-electron chi connectivity index (χ3n) is 0.611. The van der Waals surface area contributed by atoms with Crippen molar-refractivity contribution < 1.29 is 9.13 Å². The fourth-order valence-corrected chi connectivity index (χ4v) is 0.375. The quantitative estimate of drug-likeness (QED) is 0.534. The molecule has 0 rings (SSSR count). The summed E-state index contributed by atoms with van der Waals surface area (Å²) in [5, 5.41) is 0.0486. The Balaban J connectivity index is 3.33. The van der Waals surface area contributed by atoms with Crippen molar-refractivity contribution in [1.82, 2.24) is 0 Å². The Kier molecular flexibility index (Phi) is 3.69. The minimum atomic E-state index is -1.12. The fourth-order valence-electron chi connectivity index (χ4n) is 0.257. The molecule has 48 valence electrons. The molecule has 1 atom stereocenters. The second-order valence-electron chi connectivity index (χ2n) is 1.37. The number of hydrogen-bond acceptors (Lipinski definition) is 2. The molecule has 8 heavy (non-hydrogen) atoms. The van der Waals surface area contributed by atoms with Crippen LogP contribution in [0, 0.1) is 0 Å². The van der Waals surface area contributed by atoms with Gasteiger partial charge in [0.2, 0.25) is 0 Å². The SMILES string of the molecule is CCOC(=S)C(C)F. The first kappa shape index (κ1) is 7.82. The number of halogens is 1. The standard InChI is InChI=1S/C5H9FOS/c1-3-7-5(8)4(2)6/h4H,3H2,1-2H3. The van der Waals surface area contributed by atoms with Crippen molar-refractivity contribution in [2.45, 2.75) is 20.0 Å². The van der Waals surface area contributed by atoms with E-state index in [9.17, 15) is 4.39 Å². The van der Waals surface area contributed by atoms with E-state index < -0.39 is 6.17 Å². The molecule has 0 aliphatic carbocycles. The normalized spacial score (nSPS) is 12.9. The predicted octanol–water partition coefficient (Wildman–Crippen LogP) is 1.71. The van der Waals surface area contributed by atoms with Crippen LogP contribution in [0.15, 0.2) is 0 Å². The molecule has 0 aliphatic heterocycles. The largest absolute Gasteiger partial charge is 0.485 e. The van der Waals surface area contributed by atoms with Crippen molar-refractivity contribution in [3.05, 3.63) is 0 Å². The summed E-state index contributed by atoms with van der Waals surface area (Å²) in [6.07, 6.45) is -1.12. The molecule has 0 fully saturated rings. The van der Waals surface area contributed by atoms with Gasteiger partial charge in [0, 0.05) is 0 Å². The number of alkyl halides is 1. The molecule has 0 aliphatic rings. The highest BCUT2D eigenvalue weighted by Crippen LogP contribution is 1.94. The van der Waals surface area contributed by atoms with Crippen LogP contribution in [0.25, 0.3) is 0 Å². The average Bonchev–Trinajstić information content (AvgIpc) is 1.67. The van der Waals surface area contributed by atoms with Crippen LogP contribution in [0.2, 0.25) is 0 Å². The summed E-state index contributed by atoms with van der Waals surface area (Å²) < 4.78 is 16.7. The molecule has 0 saturated carbocycles. The van der Waals surface area contributed by atoms with Gasteiger partial charge in [-0.25, -0.2) is 4.39 Å². The minimum absolute atomic E-state index is 0.0486. The number of thiocarbonyl (C=S) groups is 1. The smallest absolute Gasteiger partial charge is 0.193 e. The molecule has 0 spiro atoms. The van der Waals surface area contributed by atoms with Crippen LogP contribution in [0.5, 0.6) is 0 Å².